The number of likely N-dealkylation sites (tertiary alicyclic amines) is 1. The van der Waals surface area contributed by atoms with Crippen LogP contribution in [0.3, 0.4) is 0 Å². The zero-order chi connectivity index (χ0) is 44.3. The van der Waals surface area contributed by atoms with Crippen LogP contribution in [0.2, 0.25) is 0 Å². The largest absolute Gasteiger partial charge is 0.497 e. The number of benzene rings is 3. The van der Waals surface area contributed by atoms with Crippen LogP contribution < -0.4 is 24.8 Å². The quantitative estimate of drug-likeness (QED) is 0.0952. The lowest BCUT2D eigenvalue weighted by Gasteiger charge is -2.36. The van der Waals surface area contributed by atoms with Gasteiger partial charge in [0.2, 0.25) is 21.8 Å². The van der Waals surface area contributed by atoms with Gasteiger partial charge in [-0.3, -0.25) is 19.1 Å². The highest BCUT2D eigenvalue weighted by molar-refractivity contribution is 7.91. The molecule has 4 aromatic rings. The molecule has 12 nitrogen and oxygen atoms in total. The fraction of sp³-hybridized carbons (Fsp3) is 0.409. The highest BCUT2D eigenvalue weighted by Gasteiger charge is 2.63. The number of pyridine rings is 1. The number of hydrogen-bond donors (Lipinski definition) is 3. The number of nitrogens with one attached hydrogen (secondary N) is 3. The molecule has 17 heteroatoms. The number of methoxy groups -OCH3 is 1. The molecule has 5 atom stereocenters. The number of carbonyl (C=O) groups excluding carboxylic acids is 3. The Kier molecular flexibility index (Phi) is 11.1. The Morgan fingerprint density at radius 3 is 2.33 bits per heavy atom. The van der Waals surface area contributed by atoms with Crippen molar-refractivity contribution in [3.8, 4) is 22.8 Å². The lowest BCUT2D eigenvalue weighted by atomic mass is 9.85. The van der Waals surface area contributed by atoms with Crippen molar-refractivity contribution in [1.29, 1.82) is 0 Å². The maximum Gasteiger partial charge on any atom is 0.416 e. The van der Waals surface area contributed by atoms with Crippen molar-refractivity contribution in [2.24, 2.45) is 11.3 Å². The second-order valence-corrected chi connectivity index (χ2v) is 19.5. The third-order valence-electron chi connectivity index (χ3n) is 11.7. The lowest BCUT2D eigenvalue weighted by Crippen LogP contribution is -2.59. The molecule has 2 aliphatic carbocycles. The summed E-state index contributed by atoms with van der Waals surface area (Å²) >= 11 is 0. The van der Waals surface area contributed by atoms with E-state index in [1.165, 1.54) is 25.0 Å². The number of hydrogen-bond acceptors (Lipinski definition) is 9. The van der Waals surface area contributed by atoms with E-state index in [1.807, 2.05) is 30.3 Å². The first-order chi connectivity index (χ1) is 28.6. The van der Waals surface area contributed by atoms with Crippen LogP contribution in [-0.2, 0) is 30.6 Å². The molecule has 1 aromatic heterocycles. The fourth-order valence-corrected chi connectivity index (χ4v) is 8.96. The maximum absolute atomic E-state index is 14.9. The van der Waals surface area contributed by atoms with E-state index < -0.39 is 85.1 Å². The van der Waals surface area contributed by atoms with Gasteiger partial charge >= 0.3 is 6.18 Å². The van der Waals surface area contributed by atoms with Gasteiger partial charge in [0.25, 0.3) is 5.91 Å². The third-order valence-corrected chi connectivity index (χ3v) is 13.9. The van der Waals surface area contributed by atoms with Crippen LogP contribution in [0, 0.1) is 17.2 Å². The van der Waals surface area contributed by atoms with E-state index in [1.54, 1.807) is 45.0 Å². The number of halogens is 4. The predicted octanol–water partition coefficient (Wildman–Crippen LogP) is 7.00. The van der Waals surface area contributed by atoms with Crippen molar-refractivity contribution in [2.75, 3.05) is 19.0 Å². The van der Waals surface area contributed by atoms with E-state index in [-0.39, 0.29) is 25.1 Å². The topological polar surface area (TPSA) is 156 Å². The first-order valence-electron chi connectivity index (χ1n) is 19.7. The minimum absolute atomic E-state index is 0.0446. The molecule has 1 saturated heterocycles. The zero-order valence-corrected chi connectivity index (χ0v) is 35.0. The summed E-state index contributed by atoms with van der Waals surface area (Å²) in [6.45, 7) is 10.1. The Balaban J connectivity index is 1.25. The second-order valence-electron chi connectivity index (χ2n) is 17.3. The molecule has 2 heterocycles. The lowest BCUT2D eigenvalue weighted by molar-refractivity contribution is -0.141. The molecule has 3 aliphatic rings. The van der Waals surface area contributed by atoms with Gasteiger partial charge in [-0.05, 0) is 61.9 Å². The summed E-state index contributed by atoms with van der Waals surface area (Å²) in [5, 5.41) is 6.15. The first-order valence-corrected chi connectivity index (χ1v) is 21.2. The SMILES string of the molecule is C=C[C@@H]1C[C@]1(NC(=O)[C@@H]1C[C@@H](Oc2cc(-c3ccccc3)nc3cc(OC)ccc23)CN1C(=O)[C@@H](Nc1cc(F)cc(C(F)(F)F)c1)C(C)(C)C)C(=O)NS(=O)(=O)C1(C)CC1. The fourth-order valence-electron chi connectivity index (χ4n) is 7.65. The standard InChI is InChI=1S/C44H47F4N5O7S/c1-7-26-23-43(26,40(56)52-61(57,58)42(5)15-16-42)51-38(54)35-21-31(60-36-22-33(25-11-9-8-10-12-25)50-34-20-30(59-6)13-14-32(34)36)24-53(35)39(55)37(41(2,3)4)49-29-18-27(44(46,47)48)17-28(45)19-29/h7-14,17-20,22,26,31,35,37,49H,1,15-16,21,23-24H2,2-6H3,(H,51,54)(H,52,56)/t26-,31-,35+,37-,43-/m1/s1. The normalized spacial score (nSPS) is 22.5. The van der Waals surface area contributed by atoms with E-state index in [9.17, 15) is 40.4 Å². The Labute approximate surface area is 351 Å². The van der Waals surface area contributed by atoms with Crippen LogP contribution in [-0.4, -0.2) is 78.2 Å². The molecule has 3 amide bonds. The van der Waals surface area contributed by atoms with Gasteiger partial charge in [0.1, 0.15) is 41.0 Å². The maximum atomic E-state index is 14.9. The average Bonchev–Trinajstić information content (AvgIpc) is 4.09. The number of carbonyl (C=O) groups is 3. The summed E-state index contributed by atoms with van der Waals surface area (Å²) in [5.41, 5.74) is -2.40. The molecule has 0 radical (unpaired) electrons. The Morgan fingerprint density at radius 1 is 1.02 bits per heavy atom. The Hall–Kier alpha value is -5.71. The van der Waals surface area contributed by atoms with Gasteiger partial charge in [0, 0.05) is 41.1 Å². The molecule has 3 fully saturated rings. The molecular weight excluding hydrogens is 819 g/mol. The van der Waals surface area contributed by atoms with Gasteiger partial charge in [0.15, 0.2) is 0 Å². The van der Waals surface area contributed by atoms with Crippen LogP contribution in [0.5, 0.6) is 11.5 Å². The molecule has 61 heavy (non-hydrogen) atoms. The zero-order valence-electron chi connectivity index (χ0n) is 34.2. The summed E-state index contributed by atoms with van der Waals surface area (Å²) in [7, 11) is -2.57. The molecule has 0 unspecified atom stereocenters. The highest BCUT2D eigenvalue weighted by Crippen LogP contribution is 2.47. The van der Waals surface area contributed by atoms with Gasteiger partial charge in [-0.15, -0.1) is 6.58 Å². The number of sulfonamides is 1. The minimum Gasteiger partial charge on any atom is -0.497 e. The van der Waals surface area contributed by atoms with Crippen LogP contribution in [0.15, 0.2) is 85.5 Å². The van der Waals surface area contributed by atoms with Crippen LogP contribution in [0.25, 0.3) is 22.2 Å². The van der Waals surface area contributed by atoms with E-state index in [0.717, 1.165) is 11.6 Å². The van der Waals surface area contributed by atoms with Gasteiger partial charge in [-0.1, -0.05) is 57.2 Å². The molecule has 0 bridgehead atoms. The summed E-state index contributed by atoms with van der Waals surface area (Å²) in [6, 6.07) is 15.6. The van der Waals surface area contributed by atoms with Crippen molar-refractivity contribution in [3.63, 3.8) is 0 Å². The van der Waals surface area contributed by atoms with E-state index >= 15 is 0 Å². The Morgan fingerprint density at radius 2 is 1.72 bits per heavy atom. The van der Waals surface area contributed by atoms with Crippen molar-refractivity contribution in [2.45, 2.75) is 88.0 Å². The molecule has 2 saturated carbocycles. The Bertz CT molecular complexity index is 2510. The summed E-state index contributed by atoms with van der Waals surface area (Å²) in [4.78, 5) is 49.2. The third kappa shape index (κ3) is 8.74. The van der Waals surface area contributed by atoms with Crippen molar-refractivity contribution < 1.29 is 49.8 Å². The van der Waals surface area contributed by atoms with Crippen LogP contribution >= 0.6 is 0 Å². The number of rotatable bonds is 13. The first kappa shape index (κ1) is 43.4. The number of fused-ring (bicyclic) bond motifs is 1. The average molecular weight is 866 g/mol. The van der Waals surface area contributed by atoms with Crippen molar-refractivity contribution >= 4 is 44.3 Å². The molecular formula is C44H47F4N5O7S. The number of ether oxygens (including phenoxy) is 2. The molecule has 3 N–H and O–H groups in total. The van der Waals surface area contributed by atoms with E-state index in [4.69, 9.17) is 14.5 Å². The number of aromatic nitrogens is 1. The smallest absolute Gasteiger partial charge is 0.416 e. The second kappa shape index (κ2) is 15.6. The summed E-state index contributed by atoms with van der Waals surface area (Å²) in [5.74, 6) is -3.34. The molecule has 3 aromatic carbocycles. The molecule has 324 valence electrons. The van der Waals surface area contributed by atoms with Gasteiger partial charge in [-0.25, -0.2) is 17.8 Å². The van der Waals surface area contributed by atoms with Gasteiger partial charge < -0.3 is 25.0 Å². The predicted molar refractivity (Wildman–Crippen MR) is 220 cm³/mol. The summed E-state index contributed by atoms with van der Waals surface area (Å²) in [6.07, 6.45) is -3.64. The highest BCUT2D eigenvalue weighted by atomic mass is 32.2. The van der Waals surface area contributed by atoms with E-state index in [2.05, 4.69) is 21.9 Å². The number of alkyl halides is 3. The minimum atomic E-state index is -4.88. The molecule has 1 aliphatic heterocycles. The van der Waals surface area contributed by atoms with Crippen molar-refractivity contribution in [3.05, 3.63) is 96.8 Å². The van der Waals surface area contributed by atoms with Gasteiger partial charge in [-0.2, -0.15) is 13.2 Å². The van der Waals surface area contributed by atoms with Crippen molar-refractivity contribution in [1.82, 2.24) is 19.9 Å². The number of amides is 3. The van der Waals surface area contributed by atoms with Gasteiger partial charge in [0.05, 0.1) is 35.2 Å². The van der Waals surface area contributed by atoms with Crippen LogP contribution in [0.1, 0.15) is 58.9 Å². The molecule has 0 spiro atoms. The molecule has 7 rings (SSSR count). The summed E-state index contributed by atoms with van der Waals surface area (Å²) < 4.78 is 95.2. The monoisotopic (exact) mass is 865 g/mol. The van der Waals surface area contributed by atoms with Crippen LogP contribution in [0.4, 0.5) is 23.2 Å². The number of anilines is 1. The number of nitrogens with zero attached hydrogens (tertiary/aromatic N) is 2. The van der Waals surface area contributed by atoms with E-state index in [0.29, 0.717) is 53.1 Å².